The van der Waals surface area contributed by atoms with E-state index in [1.807, 2.05) is 17.5 Å². The van der Waals surface area contributed by atoms with Crippen LogP contribution in [-0.2, 0) is 16.1 Å². The van der Waals surface area contributed by atoms with E-state index in [2.05, 4.69) is 10.6 Å². The first-order chi connectivity index (χ1) is 9.70. The number of nitrogens with zero attached hydrogens (tertiary/aromatic N) is 1. The minimum atomic E-state index is -0.553. The summed E-state index contributed by atoms with van der Waals surface area (Å²) in [5.41, 5.74) is 0. The van der Waals surface area contributed by atoms with E-state index in [1.54, 1.807) is 11.3 Å². The third kappa shape index (κ3) is 4.01. The molecule has 1 aromatic heterocycles. The lowest BCUT2D eigenvalue weighted by Crippen LogP contribution is -2.56. The topological polar surface area (TPSA) is 61.4 Å². The lowest BCUT2D eigenvalue weighted by Gasteiger charge is -2.32. The second-order valence-corrected chi connectivity index (χ2v) is 5.61. The van der Waals surface area contributed by atoms with E-state index in [9.17, 15) is 14.0 Å². The summed E-state index contributed by atoms with van der Waals surface area (Å²) in [5, 5.41) is 7.74. The maximum atomic E-state index is 12.3. The zero-order chi connectivity index (χ0) is 14.4. The molecule has 110 valence electrons. The van der Waals surface area contributed by atoms with Crippen LogP contribution >= 0.6 is 11.3 Å². The van der Waals surface area contributed by atoms with E-state index in [1.165, 1.54) is 4.90 Å². The number of nitrogens with one attached hydrogen (secondary N) is 2. The van der Waals surface area contributed by atoms with Gasteiger partial charge in [-0.2, -0.15) is 0 Å². The van der Waals surface area contributed by atoms with Gasteiger partial charge >= 0.3 is 0 Å². The molecule has 1 atom stereocenters. The first-order valence-corrected chi connectivity index (χ1v) is 7.46. The van der Waals surface area contributed by atoms with Gasteiger partial charge in [0.05, 0.1) is 19.0 Å². The Bertz CT molecular complexity index is 450. The number of hydrogen-bond donors (Lipinski definition) is 2. The fourth-order valence-electron chi connectivity index (χ4n) is 2.13. The van der Waals surface area contributed by atoms with Gasteiger partial charge in [-0.1, -0.05) is 6.07 Å². The zero-order valence-corrected chi connectivity index (χ0v) is 11.9. The number of alkyl halides is 1. The van der Waals surface area contributed by atoms with E-state index < -0.39 is 12.7 Å². The van der Waals surface area contributed by atoms with Crippen LogP contribution in [0.5, 0.6) is 0 Å². The second-order valence-electron chi connectivity index (χ2n) is 4.58. The molecule has 2 amide bonds. The lowest BCUT2D eigenvalue weighted by molar-refractivity contribution is -0.138. The van der Waals surface area contributed by atoms with Gasteiger partial charge in [-0.15, -0.1) is 11.3 Å². The summed E-state index contributed by atoms with van der Waals surface area (Å²) >= 11 is 1.57. The third-order valence-electron chi connectivity index (χ3n) is 3.17. The van der Waals surface area contributed by atoms with Crippen molar-refractivity contribution in [2.24, 2.45) is 0 Å². The highest BCUT2D eigenvalue weighted by Crippen LogP contribution is 2.08. The predicted molar refractivity (Wildman–Crippen MR) is 75.1 cm³/mol. The van der Waals surface area contributed by atoms with Crippen molar-refractivity contribution in [3.8, 4) is 0 Å². The first kappa shape index (κ1) is 14.9. The minimum absolute atomic E-state index is 0.0903. The third-order valence-corrected chi connectivity index (χ3v) is 4.04. The summed E-state index contributed by atoms with van der Waals surface area (Å²) in [4.78, 5) is 26.4. The molecule has 0 bridgehead atoms. The van der Waals surface area contributed by atoms with Crippen LogP contribution in [0.3, 0.4) is 0 Å². The minimum Gasteiger partial charge on any atom is -0.351 e. The van der Waals surface area contributed by atoms with Crippen molar-refractivity contribution >= 4 is 23.2 Å². The predicted octanol–water partition coefficient (Wildman–Crippen LogP) is 0.524. The number of amides is 2. The summed E-state index contributed by atoms with van der Waals surface area (Å²) in [6, 6.07) is 3.32. The Labute approximate surface area is 121 Å². The average molecular weight is 299 g/mol. The molecular formula is C13H18FN3O2S. The van der Waals surface area contributed by atoms with E-state index in [4.69, 9.17) is 0 Å². The van der Waals surface area contributed by atoms with Crippen LogP contribution in [0.1, 0.15) is 11.3 Å². The maximum absolute atomic E-state index is 12.3. The van der Waals surface area contributed by atoms with E-state index >= 15 is 0 Å². The fourth-order valence-corrected chi connectivity index (χ4v) is 2.78. The van der Waals surface area contributed by atoms with Crippen LogP contribution in [0.2, 0.25) is 0 Å². The smallest absolute Gasteiger partial charge is 0.240 e. The van der Waals surface area contributed by atoms with Crippen molar-refractivity contribution < 1.29 is 14.0 Å². The van der Waals surface area contributed by atoms with Gasteiger partial charge in [0, 0.05) is 24.5 Å². The van der Waals surface area contributed by atoms with Crippen molar-refractivity contribution in [2.45, 2.75) is 19.0 Å². The maximum Gasteiger partial charge on any atom is 0.240 e. The normalized spacial score (nSPS) is 19.1. The number of rotatable bonds is 6. The molecule has 1 aliphatic rings. The molecule has 0 aromatic carbocycles. The SMILES string of the molecule is O=C(CC1NCCN(CCF)C1=O)NCc1cccs1. The van der Waals surface area contributed by atoms with Gasteiger partial charge in [-0.25, -0.2) is 4.39 Å². The van der Waals surface area contributed by atoms with Crippen molar-refractivity contribution in [2.75, 3.05) is 26.3 Å². The van der Waals surface area contributed by atoms with Gasteiger partial charge < -0.3 is 15.5 Å². The summed E-state index contributed by atoms with van der Waals surface area (Å²) in [5.74, 6) is -0.369. The van der Waals surface area contributed by atoms with Crippen molar-refractivity contribution in [3.05, 3.63) is 22.4 Å². The molecule has 0 radical (unpaired) electrons. The Morgan fingerprint density at radius 2 is 2.45 bits per heavy atom. The number of halogens is 1. The van der Waals surface area contributed by atoms with Crippen molar-refractivity contribution in [1.82, 2.24) is 15.5 Å². The van der Waals surface area contributed by atoms with Crippen LogP contribution in [0.25, 0.3) is 0 Å². The highest BCUT2D eigenvalue weighted by Gasteiger charge is 2.29. The van der Waals surface area contributed by atoms with Gasteiger partial charge in [0.25, 0.3) is 0 Å². The second kappa shape index (κ2) is 7.35. The lowest BCUT2D eigenvalue weighted by atomic mass is 10.1. The van der Waals surface area contributed by atoms with E-state index in [0.29, 0.717) is 19.6 Å². The summed E-state index contributed by atoms with van der Waals surface area (Å²) in [6.07, 6.45) is 0.0903. The summed E-state index contributed by atoms with van der Waals surface area (Å²) < 4.78 is 12.3. The Morgan fingerprint density at radius 3 is 3.15 bits per heavy atom. The zero-order valence-electron chi connectivity index (χ0n) is 11.1. The Balaban J connectivity index is 1.79. The molecule has 2 heterocycles. The Hall–Kier alpha value is -1.47. The average Bonchev–Trinajstić information content (AvgIpc) is 2.94. The molecule has 1 unspecified atom stereocenters. The highest BCUT2D eigenvalue weighted by molar-refractivity contribution is 7.09. The number of carbonyl (C=O) groups excluding carboxylic acids is 2. The van der Waals surface area contributed by atoms with E-state index in [0.717, 1.165) is 4.88 Å². The molecule has 2 rings (SSSR count). The molecule has 2 N–H and O–H groups in total. The molecule has 0 spiro atoms. The van der Waals surface area contributed by atoms with Crippen molar-refractivity contribution in [3.63, 3.8) is 0 Å². The van der Waals surface area contributed by atoms with Gasteiger partial charge in [0.15, 0.2) is 0 Å². The highest BCUT2D eigenvalue weighted by atomic mass is 32.1. The molecule has 0 aliphatic carbocycles. The molecule has 20 heavy (non-hydrogen) atoms. The molecule has 1 aliphatic heterocycles. The van der Waals surface area contributed by atoms with Crippen LogP contribution < -0.4 is 10.6 Å². The molecule has 1 fully saturated rings. The standard InChI is InChI=1S/C13H18FN3O2S/c14-3-5-17-6-4-15-11(13(17)19)8-12(18)16-9-10-2-1-7-20-10/h1-2,7,11,15H,3-6,8-9H2,(H,16,18). The van der Waals surface area contributed by atoms with Gasteiger partial charge in [0.2, 0.25) is 11.8 Å². The monoisotopic (exact) mass is 299 g/mol. The molecule has 1 aromatic rings. The van der Waals surface area contributed by atoms with Crippen molar-refractivity contribution in [1.29, 1.82) is 0 Å². The van der Waals surface area contributed by atoms with Gasteiger partial charge in [-0.3, -0.25) is 9.59 Å². The molecule has 7 heteroatoms. The van der Waals surface area contributed by atoms with Gasteiger partial charge in [-0.05, 0) is 11.4 Å². The number of piperazine rings is 1. The fraction of sp³-hybridized carbons (Fsp3) is 0.538. The first-order valence-electron chi connectivity index (χ1n) is 6.58. The number of thiophene rings is 1. The Morgan fingerprint density at radius 1 is 1.60 bits per heavy atom. The van der Waals surface area contributed by atoms with Crippen LogP contribution in [0, 0.1) is 0 Å². The van der Waals surface area contributed by atoms with E-state index in [-0.39, 0.29) is 24.8 Å². The molecule has 5 nitrogen and oxygen atoms in total. The van der Waals surface area contributed by atoms with Crippen LogP contribution in [-0.4, -0.2) is 49.1 Å². The Kier molecular flexibility index (Phi) is 5.49. The van der Waals surface area contributed by atoms with Crippen LogP contribution in [0.4, 0.5) is 4.39 Å². The molecule has 1 saturated heterocycles. The summed E-state index contributed by atoms with van der Waals surface area (Å²) in [7, 11) is 0. The quantitative estimate of drug-likeness (QED) is 0.805. The molecular weight excluding hydrogens is 281 g/mol. The molecule has 0 saturated carbocycles. The number of carbonyl (C=O) groups is 2. The largest absolute Gasteiger partial charge is 0.351 e. The van der Waals surface area contributed by atoms with Gasteiger partial charge in [0.1, 0.15) is 6.67 Å². The summed E-state index contributed by atoms with van der Waals surface area (Å²) in [6.45, 7) is 1.12. The van der Waals surface area contributed by atoms with Crippen LogP contribution in [0.15, 0.2) is 17.5 Å². The number of hydrogen-bond acceptors (Lipinski definition) is 4.